The minimum Gasteiger partial charge on any atom is -0.454 e. The van der Waals surface area contributed by atoms with E-state index >= 15 is 0 Å². The van der Waals surface area contributed by atoms with E-state index in [1.165, 1.54) is 36.4 Å². The van der Waals surface area contributed by atoms with Gasteiger partial charge in [-0.3, -0.25) is 4.90 Å². The van der Waals surface area contributed by atoms with Crippen LogP contribution in [0.4, 0.5) is 19.3 Å². The first kappa shape index (κ1) is 22.6. The second-order valence-electron chi connectivity index (χ2n) is 8.72. The van der Waals surface area contributed by atoms with Crippen LogP contribution in [0.3, 0.4) is 0 Å². The molecule has 3 atom stereocenters. The Hall–Kier alpha value is -3.16. The molecule has 0 aromatic heterocycles. The smallest absolute Gasteiger partial charge is 0.322 e. The Morgan fingerprint density at radius 2 is 1.82 bits per heavy atom. The van der Waals surface area contributed by atoms with Crippen molar-refractivity contribution in [3.63, 3.8) is 0 Å². The van der Waals surface area contributed by atoms with Gasteiger partial charge in [-0.05, 0) is 61.4 Å². The third-order valence-electron chi connectivity index (χ3n) is 6.62. The molecule has 3 aromatic carbocycles. The highest BCUT2D eigenvalue weighted by molar-refractivity contribution is 6.31. The quantitative estimate of drug-likeness (QED) is 0.453. The number of carbonyl (C=O) groups is 1. The Bertz CT molecular complexity index is 1210. The van der Waals surface area contributed by atoms with E-state index in [-0.39, 0.29) is 29.9 Å². The monoisotopic (exact) mass is 483 g/mol. The number of hydrogen-bond acceptors (Lipinski definition) is 3. The molecular formula is C26H24ClF2N3O2. The molecule has 0 saturated carbocycles. The lowest BCUT2D eigenvalue weighted by Gasteiger charge is -2.38. The van der Waals surface area contributed by atoms with Crippen LogP contribution in [0.1, 0.15) is 24.9 Å². The number of urea groups is 1. The molecule has 2 bridgehead atoms. The van der Waals surface area contributed by atoms with Crippen LogP contribution in [0.15, 0.2) is 66.7 Å². The van der Waals surface area contributed by atoms with E-state index in [2.05, 4.69) is 17.1 Å². The summed E-state index contributed by atoms with van der Waals surface area (Å²) in [5.74, 6) is -0.706. The first-order chi connectivity index (χ1) is 16.4. The van der Waals surface area contributed by atoms with Crippen LogP contribution < -0.4 is 10.1 Å². The lowest BCUT2D eigenvalue weighted by atomic mass is 10.1. The molecule has 2 aliphatic heterocycles. The molecule has 0 spiro atoms. The molecule has 3 aromatic rings. The molecule has 8 heteroatoms. The predicted octanol–water partition coefficient (Wildman–Crippen LogP) is 6.46. The van der Waals surface area contributed by atoms with Gasteiger partial charge in [0, 0.05) is 48.0 Å². The number of nitrogens with zero attached hydrogens (tertiary/aromatic N) is 2. The number of likely N-dealkylation sites (tertiary alicyclic amines) is 2. The highest BCUT2D eigenvalue weighted by atomic mass is 35.5. The number of nitrogens with one attached hydrogen (secondary N) is 1. The van der Waals surface area contributed by atoms with Crippen molar-refractivity contribution in [2.24, 2.45) is 0 Å². The van der Waals surface area contributed by atoms with E-state index in [1.54, 1.807) is 6.07 Å². The minimum absolute atomic E-state index is 0.00552. The van der Waals surface area contributed by atoms with Gasteiger partial charge in [-0.15, -0.1) is 0 Å². The molecular weight excluding hydrogens is 460 g/mol. The molecule has 2 saturated heterocycles. The number of piperazine rings is 1. The summed E-state index contributed by atoms with van der Waals surface area (Å²) >= 11 is 6.39. The average Bonchev–Trinajstić information content (AvgIpc) is 3.43. The van der Waals surface area contributed by atoms with E-state index < -0.39 is 11.6 Å². The summed E-state index contributed by atoms with van der Waals surface area (Å²) in [6, 6.07) is 17.7. The fourth-order valence-corrected chi connectivity index (χ4v) is 5.19. The zero-order chi connectivity index (χ0) is 23.8. The van der Waals surface area contributed by atoms with E-state index in [4.69, 9.17) is 16.3 Å². The summed E-state index contributed by atoms with van der Waals surface area (Å²) in [4.78, 5) is 17.1. The fourth-order valence-electron chi connectivity index (χ4n) is 4.90. The number of benzene rings is 3. The van der Waals surface area contributed by atoms with E-state index in [0.29, 0.717) is 18.0 Å². The van der Waals surface area contributed by atoms with Gasteiger partial charge in [-0.1, -0.05) is 29.8 Å². The molecule has 5 rings (SSSR count). The van der Waals surface area contributed by atoms with Crippen molar-refractivity contribution in [2.75, 3.05) is 18.4 Å². The van der Waals surface area contributed by atoms with Crippen LogP contribution in [-0.2, 0) is 0 Å². The molecule has 2 aliphatic rings. The van der Waals surface area contributed by atoms with Crippen LogP contribution in [0, 0.1) is 11.6 Å². The standard InChI is InChI=1S/C26H24ClF2N3O2/c1-16(22-4-2-3-5-23(22)27)31-14-20-13-19(31)15-32(20)26(33)30-18-8-11-25(24(29)12-18)34-21-9-6-17(28)7-10-21/h2-12,16,19-20H,13-15H2,1H3,(H,30,33). The summed E-state index contributed by atoms with van der Waals surface area (Å²) < 4.78 is 33.0. The Morgan fingerprint density at radius 3 is 2.50 bits per heavy atom. The number of hydrogen-bond donors (Lipinski definition) is 1. The lowest BCUT2D eigenvalue weighted by Crippen LogP contribution is -2.50. The molecule has 5 nitrogen and oxygen atoms in total. The van der Waals surface area contributed by atoms with Crippen molar-refractivity contribution >= 4 is 23.3 Å². The van der Waals surface area contributed by atoms with Crippen LogP contribution >= 0.6 is 11.6 Å². The fraction of sp³-hybridized carbons (Fsp3) is 0.269. The number of halogens is 3. The summed E-state index contributed by atoms with van der Waals surface area (Å²) in [5, 5.41) is 3.55. The van der Waals surface area contributed by atoms with E-state index in [0.717, 1.165) is 23.6 Å². The topological polar surface area (TPSA) is 44.8 Å². The van der Waals surface area contributed by atoms with Crippen molar-refractivity contribution in [1.29, 1.82) is 0 Å². The second kappa shape index (κ2) is 9.24. The maximum atomic E-state index is 14.5. The van der Waals surface area contributed by atoms with Gasteiger partial charge in [0.15, 0.2) is 11.6 Å². The van der Waals surface area contributed by atoms with Gasteiger partial charge in [0.2, 0.25) is 0 Å². The van der Waals surface area contributed by atoms with Gasteiger partial charge in [-0.2, -0.15) is 0 Å². The number of fused-ring (bicyclic) bond motifs is 2. The number of ether oxygens (including phenoxy) is 1. The highest BCUT2D eigenvalue weighted by Gasteiger charge is 2.47. The maximum absolute atomic E-state index is 14.5. The SMILES string of the molecule is CC(c1ccccc1Cl)N1CC2CC1CN2C(=O)Nc1ccc(Oc2ccc(F)cc2)c(F)c1. The van der Waals surface area contributed by atoms with Crippen LogP contribution in [0.5, 0.6) is 11.5 Å². The predicted molar refractivity (Wildman–Crippen MR) is 127 cm³/mol. The lowest BCUT2D eigenvalue weighted by molar-refractivity contribution is 0.115. The third kappa shape index (κ3) is 4.45. The molecule has 3 unspecified atom stereocenters. The Balaban J connectivity index is 1.20. The largest absolute Gasteiger partial charge is 0.454 e. The molecule has 1 N–H and O–H groups in total. The number of rotatable bonds is 5. The maximum Gasteiger partial charge on any atom is 0.322 e. The molecule has 2 fully saturated rings. The van der Waals surface area contributed by atoms with E-state index in [9.17, 15) is 13.6 Å². The van der Waals surface area contributed by atoms with Crippen molar-refractivity contribution in [1.82, 2.24) is 9.80 Å². The van der Waals surface area contributed by atoms with Gasteiger partial charge < -0.3 is 15.0 Å². The first-order valence-corrected chi connectivity index (χ1v) is 11.6. The summed E-state index contributed by atoms with van der Waals surface area (Å²) in [7, 11) is 0. The van der Waals surface area contributed by atoms with Crippen LogP contribution in [0.2, 0.25) is 5.02 Å². The molecule has 0 radical (unpaired) electrons. The Kier molecular flexibility index (Phi) is 6.15. The van der Waals surface area contributed by atoms with E-state index in [1.807, 2.05) is 29.2 Å². The summed E-state index contributed by atoms with van der Waals surface area (Å²) in [6.07, 6.45) is 0.904. The highest BCUT2D eigenvalue weighted by Crippen LogP contribution is 2.38. The summed E-state index contributed by atoms with van der Waals surface area (Å²) in [6.45, 7) is 3.52. The molecule has 2 heterocycles. The van der Waals surface area contributed by atoms with Crippen molar-refractivity contribution in [3.05, 3.63) is 89.0 Å². The second-order valence-corrected chi connectivity index (χ2v) is 9.13. The zero-order valence-electron chi connectivity index (χ0n) is 18.5. The Labute approximate surface area is 201 Å². The molecule has 0 aliphatic carbocycles. The molecule has 2 amide bonds. The van der Waals surface area contributed by atoms with Gasteiger partial charge in [0.05, 0.1) is 0 Å². The van der Waals surface area contributed by atoms with Gasteiger partial charge in [-0.25, -0.2) is 13.6 Å². The average molecular weight is 484 g/mol. The minimum atomic E-state index is -0.621. The van der Waals surface area contributed by atoms with Crippen molar-refractivity contribution in [3.8, 4) is 11.5 Å². The number of amides is 2. The normalized spacial score (nSPS) is 20.4. The van der Waals surface area contributed by atoms with Gasteiger partial charge >= 0.3 is 6.03 Å². The number of anilines is 1. The van der Waals surface area contributed by atoms with Crippen LogP contribution in [-0.4, -0.2) is 41.0 Å². The zero-order valence-corrected chi connectivity index (χ0v) is 19.3. The van der Waals surface area contributed by atoms with Crippen molar-refractivity contribution in [2.45, 2.75) is 31.5 Å². The Morgan fingerprint density at radius 1 is 1.06 bits per heavy atom. The summed E-state index contributed by atoms with van der Waals surface area (Å²) in [5.41, 5.74) is 1.43. The van der Waals surface area contributed by atoms with Crippen molar-refractivity contribution < 1.29 is 18.3 Å². The first-order valence-electron chi connectivity index (χ1n) is 11.2. The number of carbonyl (C=O) groups excluding carboxylic acids is 1. The van der Waals surface area contributed by atoms with Gasteiger partial charge in [0.1, 0.15) is 11.6 Å². The molecule has 34 heavy (non-hydrogen) atoms. The van der Waals surface area contributed by atoms with Gasteiger partial charge in [0.25, 0.3) is 0 Å². The third-order valence-corrected chi connectivity index (χ3v) is 6.97. The molecule has 176 valence electrons. The van der Waals surface area contributed by atoms with Crippen LogP contribution in [0.25, 0.3) is 0 Å².